The number of aryl methyl sites for hydroxylation is 2. The average Bonchev–Trinajstić information content (AvgIpc) is 2.33. The van der Waals surface area contributed by atoms with Crippen molar-refractivity contribution < 1.29 is 4.39 Å². The summed E-state index contributed by atoms with van der Waals surface area (Å²) in [4.78, 5) is 4.06. The molecule has 2 rings (SSSR count). The van der Waals surface area contributed by atoms with Crippen molar-refractivity contribution in [1.29, 1.82) is 0 Å². The van der Waals surface area contributed by atoms with E-state index in [0.717, 1.165) is 22.3 Å². The van der Waals surface area contributed by atoms with Gasteiger partial charge >= 0.3 is 0 Å². The average molecular weight is 244 g/mol. The number of nitrogens with zero attached hydrogens (tertiary/aromatic N) is 1. The fraction of sp³-hybridized carbons (Fsp3) is 0.267. The molecule has 0 saturated carbocycles. The van der Waals surface area contributed by atoms with Gasteiger partial charge in [0.05, 0.1) is 0 Å². The maximum absolute atomic E-state index is 13.0. The summed E-state index contributed by atoms with van der Waals surface area (Å²) in [5.74, 6) is -0.204. The first-order chi connectivity index (χ1) is 8.58. The van der Waals surface area contributed by atoms with Crippen LogP contribution in [0, 0.1) is 19.7 Å². The zero-order valence-electron chi connectivity index (χ0n) is 10.7. The Labute approximate surface area is 107 Å². The van der Waals surface area contributed by atoms with Crippen molar-refractivity contribution in [2.24, 2.45) is 5.73 Å². The first-order valence-corrected chi connectivity index (χ1v) is 5.99. The van der Waals surface area contributed by atoms with Crippen LogP contribution in [-0.4, -0.2) is 4.98 Å². The Kier molecular flexibility index (Phi) is 3.72. The molecule has 0 radical (unpaired) electrons. The third kappa shape index (κ3) is 2.74. The molecule has 0 amide bonds. The molecule has 1 heterocycles. The first kappa shape index (κ1) is 12.7. The number of hydrogen-bond acceptors (Lipinski definition) is 2. The van der Waals surface area contributed by atoms with Gasteiger partial charge in [0.25, 0.3) is 0 Å². The Morgan fingerprint density at radius 3 is 2.67 bits per heavy atom. The molecule has 0 aliphatic carbocycles. The number of halogens is 1. The molecular weight excluding hydrogens is 227 g/mol. The van der Waals surface area contributed by atoms with Crippen molar-refractivity contribution >= 4 is 0 Å². The highest BCUT2D eigenvalue weighted by atomic mass is 19.1. The van der Waals surface area contributed by atoms with Gasteiger partial charge in [-0.05, 0) is 60.7 Å². The molecule has 0 aliphatic rings. The van der Waals surface area contributed by atoms with Gasteiger partial charge in [-0.1, -0.05) is 6.07 Å². The molecule has 2 nitrogen and oxygen atoms in total. The second-order valence-electron chi connectivity index (χ2n) is 4.61. The lowest BCUT2D eigenvalue weighted by Crippen LogP contribution is -2.15. The van der Waals surface area contributed by atoms with Crippen LogP contribution in [0.5, 0.6) is 0 Å². The zero-order chi connectivity index (χ0) is 13.1. The monoisotopic (exact) mass is 244 g/mol. The van der Waals surface area contributed by atoms with Crippen molar-refractivity contribution in [2.45, 2.75) is 26.3 Å². The van der Waals surface area contributed by atoms with Crippen molar-refractivity contribution in [3.05, 3.63) is 64.7 Å². The minimum Gasteiger partial charge on any atom is -0.324 e. The topological polar surface area (TPSA) is 38.9 Å². The summed E-state index contributed by atoms with van der Waals surface area (Å²) in [6, 6.07) is 6.69. The molecule has 1 atom stereocenters. The summed E-state index contributed by atoms with van der Waals surface area (Å²) in [7, 11) is 0. The molecule has 1 unspecified atom stereocenters. The van der Waals surface area contributed by atoms with E-state index in [1.165, 1.54) is 6.07 Å². The normalized spacial score (nSPS) is 12.4. The van der Waals surface area contributed by atoms with E-state index < -0.39 is 0 Å². The molecule has 2 N–H and O–H groups in total. The van der Waals surface area contributed by atoms with E-state index in [0.29, 0.717) is 6.42 Å². The van der Waals surface area contributed by atoms with Gasteiger partial charge in [0.15, 0.2) is 0 Å². The maximum atomic E-state index is 13.0. The Bertz CT molecular complexity index is 552. The quantitative estimate of drug-likeness (QED) is 0.901. The van der Waals surface area contributed by atoms with Gasteiger partial charge in [0.1, 0.15) is 5.82 Å². The number of aromatic nitrogens is 1. The molecule has 0 aliphatic heterocycles. The van der Waals surface area contributed by atoms with Gasteiger partial charge in [-0.2, -0.15) is 0 Å². The van der Waals surface area contributed by atoms with E-state index in [-0.39, 0.29) is 11.9 Å². The summed E-state index contributed by atoms with van der Waals surface area (Å²) < 4.78 is 13.0. The fourth-order valence-corrected chi connectivity index (χ4v) is 2.14. The third-order valence-corrected chi connectivity index (χ3v) is 3.21. The summed E-state index contributed by atoms with van der Waals surface area (Å²) in [5.41, 5.74) is 10.4. The van der Waals surface area contributed by atoms with Crippen LogP contribution in [0.4, 0.5) is 4.39 Å². The van der Waals surface area contributed by atoms with E-state index in [1.807, 2.05) is 26.1 Å². The lowest BCUT2D eigenvalue weighted by molar-refractivity contribution is 0.623. The van der Waals surface area contributed by atoms with Gasteiger partial charge in [-0.25, -0.2) is 4.39 Å². The minimum atomic E-state index is -0.204. The summed E-state index contributed by atoms with van der Waals surface area (Å²) in [5, 5.41) is 0. The van der Waals surface area contributed by atoms with Gasteiger partial charge in [-0.15, -0.1) is 0 Å². The lowest BCUT2D eigenvalue weighted by Gasteiger charge is -2.15. The van der Waals surface area contributed by atoms with Crippen LogP contribution in [0.2, 0.25) is 0 Å². The molecule has 18 heavy (non-hydrogen) atoms. The minimum absolute atomic E-state index is 0.0860. The van der Waals surface area contributed by atoms with E-state index in [2.05, 4.69) is 4.98 Å². The second-order valence-corrected chi connectivity index (χ2v) is 4.61. The van der Waals surface area contributed by atoms with Crippen LogP contribution in [0.15, 0.2) is 36.7 Å². The first-order valence-electron chi connectivity index (χ1n) is 5.99. The number of benzene rings is 1. The molecule has 3 heteroatoms. The molecule has 2 aromatic rings. The Morgan fingerprint density at radius 2 is 2.00 bits per heavy atom. The van der Waals surface area contributed by atoms with Crippen molar-refractivity contribution in [2.75, 3.05) is 0 Å². The maximum Gasteiger partial charge on any atom is 0.123 e. The lowest BCUT2D eigenvalue weighted by atomic mass is 9.95. The van der Waals surface area contributed by atoms with E-state index in [9.17, 15) is 4.39 Å². The van der Waals surface area contributed by atoms with Crippen LogP contribution in [0.25, 0.3) is 0 Å². The molecule has 1 aromatic heterocycles. The number of nitrogens with two attached hydrogens (primary N) is 1. The molecule has 1 aromatic carbocycles. The highest BCUT2D eigenvalue weighted by Gasteiger charge is 2.11. The molecule has 0 spiro atoms. The SMILES string of the molecule is Cc1cc(F)ccc1CC(N)c1ccncc1C. The van der Waals surface area contributed by atoms with E-state index >= 15 is 0 Å². The third-order valence-electron chi connectivity index (χ3n) is 3.21. The Balaban J connectivity index is 2.21. The van der Waals surface area contributed by atoms with Crippen LogP contribution in [0.3, 0.4) is 0 Å². The Hall–Kier alpha value is -1.74. The van der Waals surface area contributed by atoms with Crippen LogP contribution in [0.1, 0.15) is 28.3 Å². The standard InChI is InChI=1S/C15H17FN2/c1-10-7-13(16)4-3-12(10)8-15(17)14-5-6-18-9-11(14)2/h3-7,9,15H,8,17H2,1-2H3. The van der Waals surface area contributed by atoms with Gasteiger partial charge in [0, 0.05) is 18.4 Å². The highest BCUT2D eigenvalue weighted by molar-refractivity contribution is 5.31. The second kappa shape index (κ2) is 5.27. The van der Waals surface area contributed by atoms with Crippen LogP contribution in [-0.2, 0) is 6.42 Å². The highest BCUT2D eigenvalue weighted by Crippen LogP contribution is 2.21. The van der Waals surface area contributed by atoms with Crippen molar-refractivity contribution in [3.63, 3.8) is 0 Å². The fourth-order valence-electron chi connectivity index (χ4n) is 2.14. The van der Waals surface area contributed by atoms with Crippen molar-refractivity contribution in [3.8, 4) is 0 Å². The summed E-state index contributed by atoms with van der Waals surface area (Å²) >= 11 is 0. The van der Waals surface area contributed by atoms with E-state index in [4.69, 9.17) is 5.73 Å². The van der Waals surface area contributed by atoms with Crippen LogP contribution < -0.4 is 5.73 Å². The molecule has 0 saturated heterocycles. The molecule has 94 valence electrons. The molecule has 0 fully saturated rings. The summed E-state index contributed by atoms with van der Waals surface area (Å²) in [6.07, 6.45) is 4.27. The van der Waals surface area contributed by atoms with Gasteiger partial charge < -0.3 is 5.73 Å². The largest absolute Gasteiger partial charge is 0.324 e. The summed E-state index contributed by atoms with van der Waals surface area (Å²) in [6.45, 7) is 3.91. The van der Waals surface area contributed by atoms with Crippen molar-refractivity contribution in [1.82, 2.24) is 4.98 Å². The Morgan fingerprint density at radius 1 is 1.22 bits per heavy atom. The van der Waals surface area contributed by atoms with Gasteiger partial charge in [0.2, 0.25) is 0 Å². The molecular formula is C15H17FN2. The molecule has 0 bridgehead atoms. The predicted octanol–water partition coefficient (Wildman–Crippen LogP) is 3.08. The predicted molar refractivity (Wildman–Crippen MR) is 70.7 cm³/mol. The van der Waals surface area contributed by atoms with E-state index in [1.54, 1.807) is 18.3 Å². The van der Waals surface area contributed by atoms with Crippen LogP contribution >= 0.6 is 0 Å². The zero-order valence-corrected chi connectivity index (χ0v) is 10.7. The van der Waals surface area contributed by atoms with Gasteiger partial charge in [-0.3, -0.25) is 4.98 Å². The number of rotatable bonds is 3. The number of pyridine rings is 1. The smallest absolute Gasteiger partial charge is 0.123 e. The number of hydrogen-bond donors (Lipinski definition) is 1.